The van der Waals surface area contributed by atoms with E-state index in [9.17, 15) is 4.79 Å². The van der Waals surface area contributed by atoms with Gasteiger partial charge in [0.2, 0.25) is 5.79 Å². The summed E-state index contributed by atoms with van der Waals surface area (Å²) in [5, 5.41) is 0. The predicted molar refractivity (Wildman–Crippen MR) is 39.9 cm³/mol. The third-order valence-electron chi connectivity index (χ3n) is 1.59. The molecule has 0 aromatic carbocycles. The zero-order valence-corrected chi connectivity index (χ0v) is 7.38. The van der Waals surface area contributed by atoms with E-state index >= 15 is 0 Å². The minimum atomic E-state index is -0.730. The Labute approximate surface area is 66.7 Å². The van der Waals surface area contributed by atoms with Crippen LogP contribution in [-0.4, -0.2) is 17.9 Å². The van der Waals surface area contributed by atoms with E-state index in [1.165, 1.54) is 0 Å². The predicted octanol–water partition coefficient (Wildman–Crippen LogP) is 1.32. The molecular weight excluding hydrogens is 144 g/mol. The van der Waals surface area contributed by atoms with Gasteiger partial charge < -0.3 is 9.47 Å². The third kappa shape index (κ3) is 1.71. The van der Waals surface area contributed by atoms with Gasteiger partial charge in [0.05, 0.1) is 0 Å². The average molecular weight is 158 g/mol. The lowest BCUT2D eigenvalue weighted by Gasteiger charge is -2.16. The first-order valence-corrected chi connectivity index (χ1v) is 3.83. The molecule has 0 aromatic rings. The molecule has 0 amide bonds. The highest BCUT2D eigenvalue weighted by Gasteiger charge is 2.42. The van der Waals surface area contributed by atoms with Crippen LogP contribution in [0, 0.1) is 5.92 Å². The monoisotopic (exact) mass is 158 g/mol. The molecule has 0 bridgehead atoms. The summed E-state index contributed by atoms with van der Waals surface area (Å²) in [5.41, 5.74) is 0. The molecule has 0 radical (unpaired) electrons. The van der Waals surface area contributed by atoms with E-state index in [0.29, 0.717) is 0 Å². The lowest BCUT2D eigenvalue weighted by Crippen LogP contribution is -2.24. The molecule has 3 heteroatoms. The molecule has 0 aliphatic carbocycles. The highest BCUT2D eigenvalue weighted by atomic mass is 16.8. The van der Waals surface area contributed by atoms with Crippen molar-refractivity contribution in [1.29, 1.82) is 0 Å². The van der Waals surface area contributed by atoms with E-state index in [1.54, 1.807) is 13.8 Å². The average Bonchev–Trinajstić information content (AvgIpc) is 2.05. The first-order chi connectivity index (χ1) is 4.92. The Hall–Kier alpha value is -0.570. The first kappa shape index (κ1) is 8.53. The zero-order valence-electron chi connectivity index (χ0n) is 7.38. The molecule has 0 unspecified atom stereocenters. The molecule has 1 fully saturated rings. The van der Waals surface area contributed by atoms with Gasteiger partial charge >= 0.3 is 5.97 Å². The second-order valence-electron chi connectivity index (χ2n) is 3.60. The molecule has 11 heavy (non-hydrogen) atoms. The number of hydrogen-bond donors (Lipinski definition) is 0. The van der Waals surface area contributed by atoms with Crippen molar-refractivity contribution in [2.45, 2.75) is 39.6 Å². The van der Waals surface area contributed by atoms with Crippen LogP contribution in [0.3, 0.4) is 0 Å². The van der Waals surface area contributed by atoms with E-state index in [1.807, 2.05) is 13.8 Å². The molecule has 3 nitrogen and oxygen atoms in total. The summed E-state index contributed by atoms with van der Waals surface area (Å²) in [6, 6.07) is 0. The van der Waals surface area contributed by atoms with Crippen molar-refractivity contribution < 1.29 is 14.3 Å². The van der Waals surface area contributed by atoms with Crippen LogP contribution in [-0.2, 0) is 14.3 Å². The van der Waals surface area contributed by atoms with Crippen LogP contribution >= 0.6 is 0 Å². The summed E-state index contributed by atoms with van der Waals surface area (Å²) < 4.78 is 10.3. The van der Waals surface area contributed by atoms with Gasteiger partial charge in [-0.1, -0.05) is 13.8 Å². The fourth-order valence-electron chi connectivity index (χ4n) is 1.09. The second kappa shape index (κ2) is 2.48. The van der Waals surface area contributed by atoms with Gasteiger partial charge in [-0.15, -0.1) is 0 Å². The molecule has 1 aliphatic rings. The van der Waals surface area contributed by atoms with E-state index in [2.05, 4.69) is 0 Å². The smallest absolute Gasteiger partial charge is 0.338 e. The highest BCUT2D eigenvalue weighted by Crippen LogP contribution is 2.27. The largest absolute Gasteiger partial charge is 0.432 e. The second-order valence-corrected chi connectivity index (χ2v) is 3.60. The van der Waals surface area contributed by atoms with E-state index < -0.39 is 5.79 Å². The minimum Gasteiger partial charge on any atom is -0.432 e. The van der Waals surface area contributed by atoms with Crippen molar-refractivity contribution in [3.8, 4) is 0 Å². The Morgan fingerprint density at radius 3 is 2.18 bits per heavy atom. The number of hydrogen-bond acceptors (Lipinski definition) is 3. The highest BCUT2D eigenvalue weighted by molar-refractivity contribution is 5.76. The summed E-state index contributed by atoms with van der Waals surface area (Å²) in [6.07, 6.45) is -0.384. The summed E-state index contributed by atoms with van der Waals surface area (Å²) in [7, 11) is 0. The van der Waals surface area contributed by atoms with E-state index in [0.717, 1.165) is 0 Å². The zero-order chi connectivity index (χ0) is 8.65. The van der Waals surface area contributed by atoms with Crippen molar-refractivity contribution in [2.75, 3.05) is 0 Å². The molecule has 1 atom stereocenters. The van der Waals surface area contributed by atoms with Gasteiger partial charge in [0.15, 0.2) is 6.10 Å². The molecule has 1 rings (SSSR count). The SMILES string of the molecule is CC(C)[C@@H]1OC(C)(C)OC1=O. The molecule has 0 spiro atoms. The van der Waals surface area contributed by atoms with Gasteiger partial charge in [-0.05, 0) is 5.92 Å². The minimum absolute atomic E-state index is 0.185. The van der Waals surface area contributed by atoms with Crippen LogP contribution in [0.4, 0.5) is 0 Å². The number of esters is 1. The lowest BCUT2D eigenvalue weighted by molar-refractivity contribution is -0.161. The Bertz CT molecular complexity index is 172. The Balaban J connectivity index is 2.67. The first-order valence-electron chi connectivity index (χ1n) is 3.83. The third-order valence-corrected chi connectivity index (χ3v) is 1.59. The van der Waals surface area contributed by atoms with Crippen LogP contribution in [0.5, 0.6) is 0 Å². The van der Waals surface area contributed by atoms with Gasteiger partial charge in [0.25, 0.3) is 0 Å². The van der Waals surface area contributed by atoms with Crippen LogP contribution in [0.15, 0.2) is 0 Å². The quantitative estimate of drug-likeness (QED) is 0.540. The number of ether oxygens (including phenoxy) is 2. The van der Waals surface area contributed by atoms with Gasteiger partial charge in [0, 0.05) is 13.8 Å². The van der Waals surface area contributed by atoms with Crippen LogP contribution < -0.4 is 0 Å². The molecule has 0 aromatic heterocycles. The molecular formula is C8H14O3. The maximum atomic E-state index is 11.1. The van der Waals surface area contributed by atoms with Crippen LogP contribution in [0.25, 0.3) is 0 Å². The van der Waals surface area contributed by atoms with Gasteiger partial charge in [-0.2, -0.15) is 0 Å². The standard InChI is InChI=1S/C8H14O3/c1-5(2)6-7(9)11-8(3,4)10-6/h5-6H,1-4H3/t6-/m0/s1. The number of carbonyl (C=O) groups excluding carboxylic acids is 1. The number of cyclic esters (lactones) is 1. The Morgan fingerprint density at radius 1 is 1.45 bits per heavy atom. The van der Waals surface area contributed by atoms with Crippen molar-refractivity contribution in [1.82, 2.24) is 0 Å². The van der Waals surface area contributed by atoms with Crippen molar-refractivity contribution in [3.05, 3.63) is 0 Å². The summed E-state index contributed by atoms with van der Waals surface area (Å²) in [6.45, 7) is 7.36. The molecule has 1 aliphatic heterocycles. The molecule has 64 valence electrons. The number of carbonyl (C=O) groups is 1. The van der Waals surface area contributed by atoms with E-state index in [-0.39, 0.29) is 18.0 Å². The maximum Gasteiger partial charge on any atom is 0.338 e. The fraction of sp³-hybridized carbons (Fsp3) is 0.875. The summed E-state index contributed by atoms with van der Waals surface area (Å²) in [4.78, 5) is 11.1. The fourth-order valence-corrected chi connectivity index (χ4v) is 1.09. The van der Waals surface area contributed by atoms with Gasteiger partial charge in [-0.25, -0.2) is 4.79 Å². The van der Waals surface area contributed by atoms with Crippen molar-refractivity contribution in [3.63, 3.8) is 0 Å². The van der Waals surface area contributed by atoms with Crippen molar-refractivity contribution >= 4 is 5.97 Å². The van der Waals surface area contributed by atoms with Gasteiger partial charge in [0.1, 0.15) is 0 Å². The number of rotatable bonds is 1. The Morgan fingerprint density at radius 2 is 2.00 bits per heavy atom. The van der Waals surface area contributed by atoms with Gasteiger partial charge in [-0.3, -0.25) is 0 Å². The summed E-state index contributed by atoms with van der Waals surface area (Å²) >= 11 is 0. The van der Waals surface area contributed by atoms with Crippen molar-refractivity contribution in [2.24, 2.45) is 5.92 Å². The molecule has 0 N–H and O–H groups in total. The molecule has 1 heterocycles. The molecule has 1 saturated heterocycles. The molecule has 0 saturated carbocycles. The van der Waals surface area contributed by atoms with E-state index in [4.69, 9.17) is 9.47 Å². The normalized spacial score (nSPS) is 29.2. The van der Waals surface area contributed by atoms with Crippen LogP contribution in [0.2, 0.25) is 0 Å². The summed E-state index contributed by atoms with van der Waals surface area (Å²) in [5.74, 6) is -0.791. The van der Waals surface area contributed by atoms with Crippen LogP contribution in [0.1, 0.15) is 27.7 Å². The lowest BCUT2D eigenvalue weighted by atomic mass is 10.1. The Kier molecular flexibility index (Phi) is 1.92. The maximum absolute atomic E-state index is 11.1. The topological polar surface area (TPSA) is 35.5 Å².